The van der Waals surface area contributed by atoms with E-state index in [1.165, 1.54) is 12.0 Å². The second-order valence-corrected chi connectivity index (χ2v) is 8.48. The quantitative estimate of drug-likeness (QED) is 0.723. The highest BCUT2D eigenvalue weighted by Crippen LogP contribution is 2.64. The smallest absolute Gasteiger partial charge is 0.178 e. The van der Waals surface area contributed by atoms with Crippen LogP contribution in [0.15, 0.2) is 23.8 Å². The van der Waals surface area contributed by atoms with Crippen molar-refractivity contribution in [2.45, 2.75) is 58.1 Å². The van der Waals surface area contributed by atoms with Gasteiger partial charge in [-0.25, -0.2) is 0 Å². The van der Waals surface area contributed by atoms with Crippen LogP contribution in [0.3, 0.4) is 0 Å². The predicted molar refractivity (Wildman–Crippen MR) is 86.0 cm³/mol. The molecular weight excluding hydrogens is 274 g/mol. The third kappa shape index (κ3) is 1.73. The van der Waals surface area contributed by atoms with E-state index >= 15 is 0 Å². The Morgan fingerprint density at radius 2 is 2.05 bits per heavy atom. The lowest BCUT2D eigenvalue weighted by atomic mass is 9.47. The van der Waals surface area contributed by atoms with Gasteiger partial charge in [0.1, 0.15) is 0 Å². The van der Waals surface area contributed by atoms with Gasteiger partial charge in [-0.1, -0.05) is 25.5 Å². The number of carbonyl (C=O) groups is 1. The molecule has 3 saturated carbocycles. The molecule has 0 radical (unpaired) electrons. The van der Waals surface area contributed by atoms with E-state index in [-0.39, 0.29) is 34.7 Å². The molecule has 0 aromatic rings. The van der Waals surface area contributed by atoms with Crippen LogP contribution in [0, 0.1) is 28.6 Å². The Labute approximate surface area is 132 Å². The zero-order valence-electron chi connectivity index (χ0n) is 13.6. The first-order chi connectivity index (χ1) is 10.4. The van der Waals surface area contributed by atoms with Gasteiger partial charge in [0.05, 0.1) is 6.10 Å². The van der Waals surface area contributed by atoms with Gasteiger partial charge in [0.25, 0.3) is 0 Å². The number of hydrogen-bond acceptors (Lipinski definition) is 3. The van der Waals surface area contributed by atoms with Gasteiger partial charge in [-0.3, -0.25) is 4.79 Å². The Morgan fingerprint density at radius 3 is 2.82 bits per heavy atom. The molecule has 0 aromatic carbocycles. The lowest BCUT2D eigenvalue weighted by Gasteiger charge is -2.58. The monoisotopic (exact) mass is 301 g/mol. The Kier molecular flexibility index (Phi) is 3.03. The molecule has 3 N–H and O–H groups in total. The van der Waals surface area contributed by atoms with Gasteiger partial charge in [-0.15, -0.1) is 0 Å². The summed E-state index contributed by atoms with van der Waals surface area (Å²) in [7, 11) is 0. The molecule has 4 rings (SSSR count). The van der Waals surface area contributed by atoms with Gasteiger partial charge in [0, 0.05) is 17.4 Å². The molecule has 0 heterocycles. The van der Waals surface area contributed by atoms with Gasteiger partial charge in [-0.05, 0) is 61.5 Å². The fourth-order valence-electron chi connectivity index (χ4n) is 6.36. The summed E-state index contributed by atoms with van der Waals surface area (Å²) in [6, 6.07) is 0.223. The average Bonchev–Trinajstić information content (AvgIpc) is 2.75. The predicted octanol–water partition coefficient (Wildman–Crippen LogP) is 2.59. The average molecular weight is 301 g/mol. The molecule has 3 nitrogen and oxygen atoms in total. The van der Waals surface area contributed by atoms with Crippen molar-refractivity contribution in [3.63, 3.8) is 0 Å². The minimum absolute atomic E-state index is 0.0896. The number of rotatable bonds is 0. The number of fused-ring (bicyclic) bond motifs is 5. The van der Waals surface area contributed by atoms with Crippen molar-refractivity contribution < 1.29 is 9.90 Å². The summed E-state index contributed by atoms with van der Waals surface area (Å²) >= 11 is 0. The van der Waals surface area contributed by atoms with Crippen molar-refractivity contribution in [1.82, 2.24) is 0 Å². The first-order valence-corrected chi connectivity index (χ1v) is 8.74. The van der Waals surface area contributed by atoms with Crippen LogP contribution in [-0.2, 0) is 4.79 Å². The molecule has 0 aromatic heterocycles. The molecule has 0 saturated heterocycles. The number of allylic oxidation sites excluding steroid dienone is 4. The van der Waals surface area contributed by atoms with Gasteiger partial charge in [0.15, 0.2) is 5.78 Å². The molecule has 3 fully saturated rings. The molecule has 0 bridgehead atoms. The third-order valence-corrected chi connectivity index (χ3v) is 7.57. The van der Waals surface area contributed by atoms with E-state index in [0.717, 1.165) is 25.7 Å². The second kappa shape index (κ2) is 4.55. The van der Waals surface area contributed by atoms with Gasteiger partial charge < -0.3 is 10.8 Å². The van der Waals surface area contributed by atoms with E-state index in [1.807, 2.05) is 6.08 Å². The van der Waals surface area contributed by atoms with Crippen LogP contribution in [0.1, 0.15) is 46.0 Å². The molecular formula is C19H27NO2. The molecule has 0 spiro atoms. The highest BCUT2D eigenvalue weighted by atomic mass is 16.3. The number of nitrogens with two attached hydrogens (primary N) is 1. The summed E-state index contributed by atoms with van der Waals surface area (Å²) in [5.74, 6) is 1.49. The van der Waals surface area contributed by atoms with Gasteiger partial charge >= 0.3 is 0 Å². The van der Waals surface area contributed by atoms with E-state index in [0.29, 0.717) is 11.8 Å². The van der Waals surface area contributed by atoms with Crippen LogP contribution in [0.2, 0.25) is 0 Å². The molecule has 22 heavy (non-hydrogen) atoms. The van der Waals surface area contributed by atoms with E-state index in [2.05, 4.69) is 19.9 Å². The van der Waals surface area contributed by atoms with Crippen LogP contribution >= 0.6 is 0 Å². The molecule has 0 aliphatic heterocycles. The standard InChI is InChI=1S/C19H27NO2/c1-18-8-7-12(21)9-11(18)3-4-13-14-5-6-16(20)19(14,2)10-15(22)17(13)18/h7-9,13-17,22H,3-6,10,20H2,1-2H3. The van der Waals surface area contributed by atoms with Crippen molar-refractivity contribution >= 4 is 5.78 Å². The van der Waals surface area contributed by atoms with Crippen LogP contribution < -0.4 is 5.73 Å². The minimum Gasteiger partial charge on any atom is -0.393 e. The van der Waals surface area contributed by atoms with E-state index in [1.54, 1.807) is 6.08 Å². The molecule has 0 amide bonds. The maximum absolute atomic E-state index is 11.7. The normalized spacial score (nSPS) is 53.5. The van der Waals surface area contributed by atoms with Crippen LogP contribution in [0.4, 0.5) is 0 Å². The largest absolute Gasteiger partial charge is 0.393 e. The minimum atomic E-state index is -0.318. The van der Waals surface area contributed by atoms with Crippen LogP contribution in [-0.4, -0.2) is 23.0 Å². The number of ketones is 1. The molecule has 120 valence electrons. The first-order valence-electron chi connectivity index (χ1n) is 8.74. The summed E-state index contributed by atoms with van der Waals surface area (Å²) < 4.78 is 0. The van der Waals surface area contributed by atoms with E-state index in [4.69, 9.17) is 5.73 Å². The highest BCUT2D eigenvalue weighted by molar-refractivity contribution is 6.01. The SMILES string of the molecule is CC12C=CC(=O)C=C1CCC1C2C(O)CC2(C)C(N)CCC12. The Hall–Kier alpha value is -0.930. The van der Waals surface area contributed by atoms with Gasteiger partial charge in [-0.2, -0.15) is 0 Å². The maximum atomic E-state index is 11.7. The number of carbonyl (C=O) groups excluding carboxylic acids is 1. The lowest BCUT2D eigenvalue weighted by Crippen LogP contribution is -2.57. The summed E-state index contributed by atoms with van der Waals surface area (Å²) in [4.78, 5) is 11.7. The van der Waals surface area contributed by atoms with E-state index < -0.39 is 0 Å². The summed E-state index contributed by atoms with van der Waals surface area (Å²) in [5.41, 5.74) is 7.58. The lowest BCUT2D eigenvalue weighted by molar-refractivity contribution is -0.114. The highest BCUT2D eigenvalue weighted by Gasteiger charge is 2.60. The summed E-state index contributed by atoms with van der Waals surface area (Å²) in [6.07, 6.45) is 10.5. The van der Waals surface area contributed by atoms with Crippen molar-refractivity contribution in [2.24, 2.45) is 34.3 Å². The van der Waals surface area contributed by atoms with E-state index in [9.17, 15) is 9.90 Å². The fourth-order valence-corrected chi connectivity index (χ4v) is 6.36. The van der Waals surface area contributed by atoms with Crippen molar-refractivity contribution in [1.29, 1.82) is 0 Å². The molecule has 7 atom stereocenters. The Morgan fingerprint density at radius 1 is 1.27 bits per heavy atom. The number of hydrogen-bond donors (Lipinski definition) is 2. The summed E-state index contributed by atoms with van der Waals surface area (Å²) in [6.45, 7) is 4.52. The third-order valence-electron chi connectivity index (χ3n) is 7.57. The molecule has 4 aliphatic carbocycles. The Balaban J connectivity index is 1.76. The zero-order valence-corrected chi connectivity index (χ0v) is 13.6. The maximum Gasteiger partial charge on any atom is 0.178 e. The Bertz CT molecular complexity index is 580. The zero-order chi connectivity index (χ0) is 15.7. The van der Waals surface area contributed by atoms with Crippen LogP contribution in [0.25, 0.3) is 0 Å². The van der Waals surface area contributed by atoms with Crippen molar-refractivity contribution in [3.8, 4) is 0 Å². The first kappa shape index (κ1) is 14.6. The molecule has 7 unspecified atom stereocenters. The second-order valence-electron chi connectivity index (χ2n) is 8.48. The van der Waals surface area contributed by atoms with Crippen molar-refractivity contribution in [2.75, 3.05) is 0 Å². The molecule has 4 aliphatic rings. The number of aliphatic hydroxyl groups is 1. The topological polar surface area (TPSA) is 63.3 Å². The number of aliphatic hydroxyl groups excluding tert-OH is 1. The van der Waals surface area contributed by atoms with Crippen LogP contribution in [0.5, 0.6) is 0 Å². The van der Waals surface area contributed by atoms with Gasteiger partial charge in [0.2, 0.25) is 0 Å². The fraction of sp³-hybridized carbons (Fsp3) is 0.737. The van der Waals surface area contributed by atoms with Crippen molar-refractivity contribution in [3.05, 3.63) is 23.8 Å². The summed E-state index contributed by atoms with van der Waals surface area (Å²) in [5, 5.41) is 11.0. The molecule has 3 heteroatoms.